The second kappa shape index (κ2) is 11.2. The van der Waals surface area contributed by atoms with Gasteiger partial charge in [0, 0.05) is 23.5 Å². The Labute approximate surface area is 195 Å². The van der Waals surface area contributed by atoms with E-state index in [1.54, 1.807) is 4.57 Å². The fourth-order valence-corrected chi connectivity index (χ4v) is 4.88. The van der Waals surface area contributed by atoms with Gasteiger partial charge < -0.3 is 10.2 Å². The maximum Gasteiger partial charge on any atom is 0.416 e. The van der Waals surface area contributed by atoms with Gasteiger partial charge in [-0.25, -0.2) is 4.79 Å². The Kier molecular flexibility index (Phi) is 8.58. The van der Waals surface area contributed by atoms with Crippen molar-refractivity contribution in [3.8, 4) is 0 Å². The van der Waals surface area contributed by atoms with Crippen LogP contribution in [0.15, 0.2) is 34.1 Å². The highest BCUT2D eigenvalue weighted by Crippen LogP contribution is 2.31. The topological polar surface area (TPSA) is 67.2 Å². The number of aromatic nitrogens is 2. The zero-order valence-electron chi connectivity index (χ0n) is 18.9. The molecule has 0 saturated heterocycles. The lowest BCUT2D eigenvalue weighted by Crippen LogP contribution is -2.30. The minimum absolute atomic E-state index is 0.0197. The van der Waals surface area contributed by atoms with E-state index in [1.807, 2.05) is 0 Å². The van der Waals surface area contributed by atoms with Crippen molar-refractivity contribution >= 4 is 23.4 Å². The Morgan fingerprint density at radius 1 is 1.18 bits per heavy atom. The Morgan fingerprint density at radius 2 is 1.88 bits per heavy atom. The van der Waals surface area contributed by atoms with Crippen molar-refractivity contribution in [3.05, 3.63) is 51.6 Å². The van der Waals surface area contributed by atoms with Gasteiger partial charge in [0.1, 0.15) is 5.03 Å². The summed E-state index contributed by atoms with van der Waals surface area (Å²) in [6, 6.07) is 4.30. The van der Waals surface area contributed by atoms with E-state index in [1.165, 1.54) is 23.9 Å². The standard InChI is InChI=1S/C23H29F3N4O2S/c1-3-29(4-2)13-6-14-30-19-8-5-7-18(19)21(28-22(30)32)33-15-20(31)27-17-11-9-16(10-12-17)23(24,25)26/h9-12H,3-8,13-15H2,1-2H3,(H,27,31). The molecule has 0 radical (unpaired) electrons. The van der Waals surface area contributed by atoms with E-state index in [0.29, 0.717) is 11.6 Å². The number of alkyl halides is 3. The molecule has 10 heteroatoms. The number of rotatable bonds is 10. The molecule has 0 spiro atoms. The van der Waals surface area contributed by atoms with Gasteiger partial charge in [-0.2, -0.15) is 18.2 Å². The van der Waals surface area contributed by atoms with Crippen LogP contribution >= 0.6 is 11.8 Å². The molecule has 2 aromatic rings. The van der Waals surface area contributed by atoms with Crippen molar-refractivity contribution < 1.29 is 18.0 Å². The minimum Gasteiger partial charge on any atom is -0.325 e. The minimum atomic E-state index is -4.42. The van der Waals surface area contributed by atoms with E-state index in [2.05, 4.69) is 29.0 Å². The molecule has 0 unspecified atom stereocenters. The molecule has 0 aliphatic heterocycles. The van der Waals surface area contributed by atoms with Crippen LogP contribution in [0, 0.1) is 0 Å². The molecule has 3 rings (SSSR count). The molecule has 1 heterocycles. The van der Waals surface area contributed by atoms with Gasteiger partial charge in [-0.05, 0) is 69.6 Å². The van der Waals surface area contributed by atoms with Gasteiger partial charge in [-0.3, -0.25) is 9.36 Å². The summed E-state index contributed by atoms with van der Waals surface area (Å²) < 4.78 is 39.8. The molecule has 0 saturated carbocycles. The fourth-order valence-electron chi connectivity index (χ4n) is 4.00. The van der Waals surface area contributed by atoms with Gasteiger partial charge in [0.15, 0.2) is 0 Å². The smallest absolute Gasteiger partial charge is 0.325 e. The van der Waals surface area contributed by atoms with Crippen LogP contribution in [0.2, 0.25) is 0 Å². The maximum atomic E-state index is 12.7. The van der Waals surface area contributed by atoms with Gasteiger partial charge in [0.25, 0.3) is 0 Å². The predicted molar refractivity (Wildman–Crippen MR) is 124 cm³/mol. The number of halogens is 3. The number of fused-ring (bicyclic) bond motifs is 1. The lowest BCUT2D eigenvalue weighted by atomic mass is 10.2. The Morgan fingerprint density at radius 3 is 2.52 bits per heavy atom. The summed E-state index contributed by atoms with van der Waals surface area (Å²) in [5.41, 5.74) is 1.27. The summed E-state index contributed by atoms with van der Waals surface area (Å²) in [6.07, 6.45) is -0.958. The molecule has 1 aromatic carbocycles. The molecule has 1 aromatic heterocycles. The lowest BCUT2D eigenvalue weighted by molar-refractivity contribution is -0.137. The fraction of sp³-hybridized carbons (Fsp3) is 0.522. The first-order chi connectivity index (χ1) is 15.7. The average molecular weight is 483 g/mol. The third-order valence-corrected chi connectivity index (χ3v) is 6.80. The summed E-state index contributed by atoms with van der Waals surface area (Å²) in [5, 5.41) is 3.17. The summed E-state index contributed by atoms with van der Waals surface area (Å²) >= 11 is 1.19. The van der Waals surface area contributed by atoms with Gasteiger partial charge in [-0.1, -0.05) is 25.6 Å². The number of carbonyl (C=O) groups is 1. The van der Waals surface area contributed by atoms with E-state index in [4.69, 9.17) is 0 Å². The van der Waals surface area contributed by atoms with E-state index in [0.717, 1.165) is 68.7 Å². The van der Waals surface area contributed by atoms with Crippen LogP contribution in [-0.4, -0.2) is 45.7 Å². The van der Waals surface area contributed by atoms with Gasteiger partial charge in [-0.15, -0.1) is 0 Å². The zero-order chi connectivity index (χ0) is 24.0. The van der Waals surface area contributed by atoms with Gasteiger partial charge in [0.2, 0.25) is 5.91 Å². The summed E-state index contributed by atoms with van der Waals surface area (Å²) in [4.78, 5) is 31.6. The van der Waals surface area contributed by atoms with E-state index < -0.39 is 11.7 Å². The largest absolute Gasteiger partial charge is 0.416 e. The molecular weight excluding hydrogens is 453 g/mol. The molecule has 33 heavy (non-hydrogen) atoms. The number of nitrogens with zero attached hydrogens (tertiary/aromatic N) is 3. The molecule has 180 valence electrons. The van der Waals surface area contributed by atoms with Crippen LogP contribution in [0.1, 0.15) is 43.5 Å². The van der Waals surface area contributed by atoms with E-state index >= 15 is 0 Å². The number of anilines is 1. The molecule has 1 N–H and O–H groups in total. The van der Waals surface area contributed by atoms with Crippen molar-refractivity contribution in [3.63, 3.8) is 0 Å². The molecule has 0 bridgehead atoms. The average Bonchev–Trinajstić information content (AvgIpc) is 3.26. The molecular formula is C23H29F3N4O2S. The van der Waals surface area contributed by atoms with Crippen molar-refractivity contribution in [1.29, 1.82) is 0 Å². The first-order valence-corrected chi connectivity index (χ1v) is 12.2. The third kappa shape index (κ3) is 6.60. The predicted octanol–water partition coefficient (Wildman–Crippen LogP) is 4.21. The second-order valence-corrected chi connectivity index (χ2v) is 8.89. The van der Waals surface area contributed by atoms with E-state index in [9.17, 15) is 22.8 Å². The molecule has 6 nitrogen and oxygen atoms in total. The van der Waals surface area contributed by atoms with Crippen LogP contribution < -0.4 is 11.0 Å². The SMILES string of the molecule is CCN(CC)CCCn1c2c(c(SCC(=O)Nc3ccc(C(F)(F)F)cc3)nc1=O)CCC2. The second-order valence-electron chi connectivity index (χ2n) is 7.92. The third-order valence-electron chi connectivity index (χ3n) is 5.79. The highest BCUT2D eigenvalue weighted by Gasteiger charge is 2.30. The molecule has 1 amide bonds. The summed E-state index contributed by atoms with van der Waals surface area (Å²) in [5.74, 6) is -0.344. The number of nitrogens with one attached hydrogen (secondary N) is 1. The molecule has 1 aliphatic carbocycles. The Bertz CT molecular complexity index is 1020. The van der Waals surface area contributed by atoms with Crippen LogP contribution in [0.5, 0.6) is 0 Å². The first kappa shape index (κ1) is 25.3. The molecule has 0 fully saturated rings. The lowest BCUT2D eigenvalue weighted by Gasteiger charge is -2.19. The van der Waals surface area contributed by atoms with Gasteiger partial charge >= 0.3 is 11.9 Å². The monoisotopic (exact) mass is 482 g/mol. The number of carbonyl (C=O) groups excluding carboxylic acids is 1. The maximum absolute atomic E-state index is 12.7. The van der Waals surface area contributed by atoms with E-state index in [-0.39, 0.29) is 23.0 Å². The van der Waals surface area contributed by atoms with Crippen molar-refractivity contribution in [2.45, 2.75) is 57.3 Å². The summed E-state index contributed by atoms with van der Waals surface area (Å²) in [7, 11) is 0. The normalized spacial score (nSPS) is 13.4. The number of hydrogen-bond donors (Lipinski definition) is 1. The van der Waals surface area contributed by atoms with Gasteiger partial charge in [0.05, 0.1) is 11.3 Å². The van der Waals surface area contributed by atoms with Crippen molar-refractivity contribution in [2.24, 2.45) is 0 Å². The van der Waals surface area contributed by atoms with Crippen LogP contribution in [0.4, 0.5) is 18.9 Å². The van der Waals surface area contributed by atoms with Crippen LogP contribution in [-0.2, 0) is 30.4 Å². The number of thioether (sulfide) groups is 1. The first-order valence-electron chi connectivity index (χ1n) is 11.2. The Hall–Kier alpha value is -2.33. The van der Waals surface area contributed by atoms with Crippen LogP contribution in [0.25, 0.3) is 0 Å². The highest BCUT2D eigenvalue weighted by atomic mass is 32.2. The summed E-state index contributed by atoms with van der Waals surface area (Å²) in [6.45, 7) is 7.75. The molecule has 1 aliphatic rings. The van der Waals surface area contributed by atoms with Crippen molar-refractivity contribution in [2.75, 3.05) is 30.7 Å². The highest BCUT2D eigenvalue weighted by molar-refractivity contribution is 8.00. The Balaban J connectivity index is 1.62. The number of benzene rings is 1. The quantitative estimate of drug-likeness (QED) is 0.406. The zero-order valence-corrected chi connectivity index (χ0v) is 19.7. The number of amides is 1. The molecule has 0 atom stereocenters. The number of hydrogen-bond acceptors (Lipinski definition) is 5. The van der Waals surface area contributed by atoms with Crippen LogP contribution in [0.3, 0.4) is 0 Å². The van der Waals surface area contributed by atoms with Crippen molar-refractivity contribution in [1.82, 2.24) is 14.5 Å².